The van der Waals surface area contributed by atoms with Gasteiger partial charge in [-0.25, -0.2) is 4.39 Å². The Kier molecular flexibility index (Phi) is 6.00. The van der Waals surface area contributed by atoms with Crippen molar-refractivity contribution in [3.63, 3.8) is 0 Å². The smallest absolute Gasteiger partial charge is 0.373 e. The van der Waals surface area contributed by atoms with Crippen LogP contribution in [0.25, 0.3) is 0 Å². The van der Waals surface area contributed by atoms with Crippen LogP contribution in [0.1, 0.15) is 29.0 Å². The van der Waals surface area contributed by atoms with Gasteiger partial charge in [0.05, 0.1) is 17.1 Å². The molecule has 0 spiro atoms. The van der Waals surface area contributed by atoms with Crippen molar-refractivity contribution in [2.24, 2.45) is 0 Å². The molecule has 1 heterocycles. The first-order valence-electron chi connectivity index (χ1n) is 8.67. The average Bonchev–Trinajstić information content (AvgIpc) is 3.33. The van der Waals surface area contributed by atoms with Crippen LogP contribution in [0.3, 0.4) is 0 Å². The van der Waals surface area contributed by atoms with Crippen molar-refractivity contribution in [3.8, 4) is 0 Å². The van der Waals surface area contributed by atoms with Gasteiger partial charge in [-0.3, -0.25) is 9.48 Å². The van der Waals surface area contributed by atoms with E-state index >= 15 is 0 Å². The minimum absolute atomic E-state index is 0.144. The maximum atomic E-state index is 13.2. The quantitative estimate of drug-likeness (QED) is 0.615. The summed E-state index contributed by atoms with van der Waals surface area (Å²) >= 11 is 1.41. The van der Waals surface area contributed by atoms with Crippen LogP contribution >= 0.6 is 11.8 Å². The third kappa shape index (κ3) is 4.87. The number of aromatic nitrogens is 2. The van der Waals surface area contributed by atoms with E-state index in [-0.39, 0.29) is 17.8 Å². The minimum Gasteiger partial charge on any atom is -0.437 e. The van der Waals surface area contributed by atoms with E-state index in [9.17, 15) is 14.2 Å². The molecule has 1 fully saturated rings. The molecule has 3 N–H and O–H groups in total. The lowest BCUT2D eigenvalue weighted by molar-refractivity contribution is 0.0937. The summed E-state index contributed by atoms with van der Waals surface area (Å²) in [7, 11) is -0.622. The molecule has 1 aromatic carbocycles. The molecule has 138 valence electrons. The van der Waals surface area contributed by atoms with Gasteiger partial charge < -0.3 is 15.6 Å². The number of halogens is 1. The summed E-state index contributed by atoms with van der Waals surface area (Å²) in [6.07, 6.45) is 2.01. The highest BCUT2D eigenvalue weighted by molar-refractivity contribution is 7.99. The standard InChI is InChI=1S/C17H22BFN4O2S/c1-11-16(26-14-7-3-12(19)4-8-14)15(17(24)21-13-5-6-13)23(22-11)10-9-20-18(2)25/h3-4,7-8,13,20,25H,5-6,9-10H2,1-2H3,(H,21,24). The number of amides is 1. The van der Waals surface area contributed by atoms with Crippen molar-refractivity contribution >= 4 is 24.7 Å². The largest absolute Gasteiger partial charge is 0.437 e. The molecule has 0 bridgehead atoms. The van der Waals surface area contributed by atoms with Crippen molar-refractivity contribution < 1.29 is 14.2 Å². The van der Waals surface area contributed by atoms with E-state index in [0.717, 1.165) is 28.3 Å². The molecule has 1 aliphatic rings. The Morgan fingerprint density at radius 3 is 2.73 bits per heavy atom. The molecule has 1 aromatic heterocycles. The van der Waals surface area contributed by atoms with Crippen LogP contribution in [0.4, 0.5) is 4.39 Å². The molecule has 0 atom stereocenters. The Hall–Kier alpha value is -1.84. The normalized spacial score (nSPS) is 13.7. The zero-order valence-electron chi connectivity index (χ0n) is 14.8. The van der Waals surface area contributed by atoms with Gasteiger partial charge >= 0.3 is 7.05 Å². The van der Waals surface area contributed by atoms with Gasteiger partial charge in [0.1, 0.15) is 11.5 Å². The van der Waals surface area contributed by atoms with Crippen LogP contribution in [0.5, 0.6) is 0 Å². The second kappa shape index (κ2) is 8.24. The zero-order valence-corrected chi connectivity index (χ0v) is 15.6. The number of rotatable bonds is 8. The second-order valence-corrected chi connectivity index (χ2v) is 7.50. The molecule has 9 heteroatoms. The molecule has 1 amide bonds. The highest BCUT2D eigenvalue weighted by Gasteiger charge is 2.28. The Morgan fingerprint density at radius 1 is 1.42 bits per heavy atom. The van der Waals surface area contributed by atoms with Gasteiger partial charge in [0, 0.05) is 17.5 Å². The minimum atomic E-state index is -0.622. The van der Waals surface area contributed by atoms with Gasteiger partial charge in [0.15, 0.2) is 0 Å². The predicted molar refractivity (Wildman–Crippen MR) is 99.8 cm³/mol. The number of hydrogen-bond acceptors (Lipinski definition) is 5. The number of hydrogen-bond donors (Lipinski definition) is 3. The monoisotopic (exact) mass is 376 g/mol. The molecule has 1 aliphatic carbocycles. The number of nitrogens with one attached hydrogen (secondary N) is 2. The Bertz CT molecular complexity index is 778. The van der Waals surface area contributed by atoms with E-state index in [1.54, 1.807) is 23.6 Å². The van der Waals surface area contributed by atoms with Crippen LogP contribution in [-0.2, 0) is 6.54 Å². The molecule has 0 saturated heterocycles. The van der Waals surface area contributed by atoms with E-state index in [0.29, 0.717) is 18.8 Å². The molecular weight excluding hydrogens is 354 g/mol. The molecule has 0 aliphatic heterocycles. The lowest BCUT2D eigenvalue weighted by Gasteiger charge is -2.11. The van der Waals surface area contributed by atoms with Crippen molar-refractivity contribution in [2.75, 3.05) is 6.54 Å². The van der Waals surface area contributed by atoms with Gasteiger partial charge in [-0.15, -0.1) is 0 Å². The van der Waals surface area contributed by atoms with Gasteiger partial charge in [-0.2, -0.15) is 5.10 Å². The van der Waals surface area contributed by atoms with E-state index in [1.807, 2.05) is 6.92 Å². The Labute approximate surface area is 156 Å². The van der Waals surface area contributed by atoms with Crippen LogP contribution in [-0.4, -0.2) is 40.3 Å². The first-order chi connectivity index (χ1) is 12.4. The summed E-state index contributed by atoms with van der Waals surface area (Å²) < 4.78 is 14.8. The van der Waals surface area contributed by atoms with Gasteiger partial charge in [0.25, 0.3) is 5.91 Å². The summed E-state index contributed by atoms with van der Waals surface area (Å²) in [5.74, 6) is -0.438. The highest BCUT2D eigenvalue weighted by Crippen LogP contribution is 2.34. The lowest BCUT2D eigenvalue weighted by atomic mass is 9.89. The van der Waals surface area contributed by atoms with Crippen molar-refractivity contribution in [3.05, 3.63) is 41.5 Å². The summed E-state index contributed by atoms with van der Waals surface area (Å²) in [6.45, 7) is 4.45. The van der Waals surface area contributed by atoms with Crippen molar-refractivity contribution in [1.82, 2.24) is 20.3 Å². The molecule has 0 unspecified atom stereocenters. The number of carbonyl (C=O) groups excluding carboxylic acids is 1. The third-order valence-electron chi connectivity index (χ3n) is 4.00. The fourth-order valence-electron chi connectivity index (χ4n) is 2.55. The van der Waals surface area contributed by atoms with Crippen molar-refractivity contribution in [2.45, 2.75) is 49.0 Å². The maximum absolute atomic E-state index is 13.2. The third-order valence-corrected chi connectivity index (χ3v) is 5.20. The van der Waals surface area contributed by atoms with Gasteiger partial charge in [-0.05, 0) is 50.9 Å². The number of aryl methyl sites for hydroxylation is 1. The Balaban J connectivity index is 1.86. The highest BCUT2D eigenvalue weighted by atomic mass is 32.2. The number of benzene rings is 1. The lowest BCUT2D eigenvalue weighted by Crippen LogP contribution is -2.35. The second-order valence-electron chi connectivity index (χ2n) is 6.42. The summed E-state index contributed by atoms with van der Waals surface area (Å²) in [5, 5.41) is 19.8. The van der Waals surface area contributed by atoms with Crippen molar-refractivity contribution in [1.29, 1.82) is 0 Å². The van der Waals surface area contributed by atoms with E-state index in [1.165, 1.54) is 23.9 Å². The molecule has 6 nitrogen and oxygen atoms in total. The van der Waals surface area contributed by atoms with Crippen LogP contribution in [0, 0.1) is 12.7 Å². The topological polar surface area (TPSA) is 79.2 Å². The first kappa shape index (κ1) is 18.9. The number of carbonyl (C=O) groups is 1. The van der Waals surface area contributed by atoms with Gasteiger partial charge in [0.2, 0.25) is 0 Å². The fourth-order valence-corrected chi connectivity index (χ4v) is 3.54. The van der Waals surface area contributed by atoms with Crippen LogP contribution in [0.15, 0.2) is 34.1 Å². The Morgan fingerprint density at radius 2 is 2.12 bits per heavy atom. The average molecular weight is 376 g/mol. The molecule has 1 saturated carbocycles. The van der Waals surface area contributed by atoms with E-state index in [2.05, 4.69) is 15.6 Å². The summed E-state index contributed by atoms with van der Waals surface area (Å²) in [4.78, 5) is 14.4. The molecular formula is C17H22BFN4O2S. The molecule has 3 rings (SSSR count). The SMILES string of the molecule is CB(O)NCCn1nc(C)c(Sc2ccc(F)cc2)c1C(=O)NC1CC1. The molecule has 26 heavy (non-hydrogen) atoms. The molecule has 2 aromatic rings. The first-order valence-corrected chi connectivity index (χ1v) is 9.49. The predicted octanol–water partition coefficient (Wildman–Crippen LogP) is 2.07. The van der Waals surface area contributed by atoms with E-state index in [4.69, 9.17) is 0 Å². The maximum Gasteiger partial charge on any atom is 0.373 e. The van der Waals surface area contributed by atoms with E-state index < -0.39 is 7.05 Å². The number of nitrogens with zero attached hydrogens (tertiary/aromatic N) is 2. The fraction of sp³-hybridized carbons (Fsp3) is 0.412. The zero-order chi connectivity index (χ0) is 18.7. The summed E-state index contributed by atoms with van der Waals surface area (Å²) in [5.41, 5.74) is 1.26. The van der Waals surface area contributed by atoms with Crippen LogP contribution in [0.2, 0.25) is 6.82 Å². The summed E-state index contributed by atoms with van der Waals surface area (Å²) in [6, 6.07) is 6.42. The van der Waals surface area contributed by atoms with Crippen LogP contribution < -0.4 is 10.5 Å². The molecule has 0 radical (unpaired) electrons. The van der Waals surface area contributed by atoms with Gasteiger partial charge in [-0.1, -0.05) is 11.8 Å².